The van der Waals surface area contributed by atoms with E-state index < -0.39 is 0 Å². The maximum absolute atomic E-state index is 5.29. The number of hydrogen-bond donors (Lipinski definition) is 0. The van der Waals surface area contributed by atoms with E-state index in [4.69, 9.17) is 9.97 Å². The zero-order chi connectivity index (χ0) is 33.3. The quantitative estimate of drug-likeness (QED) is 0.170. The Morgan fingerprint density at radius 1 is 0.260 bits per heavy atom. The van der Waals surface area contributed by atoms with Crippen molar-refractivity contribution in [2.75, 3.05) is 0 Å². The van der Waals surface area contributed by atoms with Crippen molar-refractivity contribution in [3.63, 3.8) is 0 Å². The lowest BCUT2D eigenvalue weighted by Crippen LogP contribution is -1.96. The molecule has 0 aliphatic rings. The van der Waals surface area contributed by atoms with E-state index in [0.717, 1.165) is 49.6 Å². The van der Waals surface area contributed by atoms with E-state index in [9.17, 15) is 0 Å². The van der Waals surface area contributed by atoms with Gasteiger partial charge >= 0.3 is 0 Å². The minimum absolute atomic E-state index is 0.713. The summed E-state index contributed by atoms with van der Waals surface area (Å²) in [6.45, 7) is 0. The Kier molecular flexibility index (Phi) is 7.53. The molecule has 0 aliphatic carbocycles. The molecular formula is C48H32N2. The molecular weight excluding hydrogens is 605 g/mol. The summed E-state index contributed by atoms with van der Waals surface area (Å²) in [6.07, 6.45) is 0. The maximum atomic E-state index is 5.29. The average Bonchev–Trinajstić information content (AvgIpc) is 3.21. The molecule has 1 aromatic heterocycles. The van der Waals surface area contributed by atoms with Gasteiger partial charge in [0.1, 0.15) is 0 Å². The van der Waals surface area contributed by atoms with Gasteiger partial charge in [-0.2, -0.15) is 0 Å². The molecule has 1 heterocycles. The lowest BCUT2D eigenvalue weighted by Gasteiger charge is -2.13. The normalized spacial score (nSPS) is 11.2. The van der Waals surface area contributed by atoms with Crippen molar-refractivity contribution in [1.29, 1.82) is 0 Å². The van der Waals surface area contributed by atoms with Gasteiger partial charge in [-0.25, -0.2) is 9.97 Å². The monoisotopic (exact) mass is 636 g/mol. The minimum Gasteiger partial charge on any atom is -0.227 e. The Bertz CT molecular complexity index is 2620. The van der Waals surface area contributed by atoms with E-state index in [1.807, 2.05) is 0 Å². The second-order valence-electron chi connectivity index (χ2n) is 12.6. The summed E-state index contributed by atoms with van der Waals surface area (Å²) in [5, 5.41) is 3.32. The summed E-state index contributed by atoms with van der Waals surface area (Å²) >= 11 is 0. The highest BCUT2D eigenvalue weighted by Gasteiger charge is 2.15. The molecule has 50 heavy (non-hydrogen) atoms. The Morgan fingerprint density at radius 3 is 1.30 bits per heavy atom. The SMILES string of the molecule is c1ccc(-c2cccc(-c3ccc(-c4nc(-c5cccc(-c6cccc(-c7ccccc7)c6)c5)c5ccc6ccccc6c5n4)cc3)c2)cc1. The highest BCUT2D eigenvalue weighted by Crippen LogP contribution is 2.36. The second kappa shape index (κ2) is 12.8. The summed E-state index contributed by atoms with van der Waals surface area (Å²) in [7, 11) is 0. The van der Waals surface area contributed by atoms with Gasteiger partial charge in [0.25, 0.3) is 0 Å². The Morgan fingerprint density at radius 2 is 0.700 bits per heavy atom. The van der Waals surface area contributed by atoms with Gasteiger partial charge in [-0.1, -0.05) is 170 Å². The lowest BCUT2D eigenvalue weighted by molar-refractivity contribution is 1.23. The predicted molar refractivity (Wildman–Crippen MR) is 210 cm³/mol. The molecule has 0 fully saturated rings. The number of rotatable bonds is 6. The molecule has 0 unspecified atom stereocenters. The van der Waals surface area contributed by atoms with Crippen LogP contribution in [0.4, 0.5) is 0 Å². The molecule has 2 nitrogen and oxygen atoms in total. The Hall–Kier alpha value is -6.64. The summed E-state index contributed by atoms with van der Waals surface area (Å²) < 4.78 is 0. The van der Waals surface area contributed by atoms with Gasteiger partial charge in [-0.05, 0) is 74.2 Å². The fourth-order valence-corrected chi connectivity index (χ4v) is 6.89. The van der Waals surface area contributed by atoms with Gasteiger partial charge in [-0.15, -0.1) is 0 Å². The summed E-state index contributed by atoms with van der Waals surface area (Å²) in [4.78, 5) is 10.5. The zero-order valence-electron chi connectivity index (χ0n) is 27.4. The highest BCUT2D eigenvalue weighted by molar-refractivity contribution is 6.09. The van der Waals surface area contributed by atoms with Crippen LogP contribution in [0.25, 0.3) is 88.8 Å². The van der Waals surface area contributed by atoms with Crippen LogP contribution < -0.4 is 0 Å². The van der Waals surface area contributed by atoms with Crippen molar-refractivity contribution in [2.24, 2.45) is 0 Å². The van der Waals surface area contributed by atoms with Crippen LogP contribution in [0.2, 0.25) is 0 Å². The van der Waals surface area contributed by atoms with Crippen molar-refractivity contribution in [1.82, 2.24) is 9.97 Å². The minimum atomic E-state index is 0.713. The molecule has 0 amide bonds. The van der Waals surface area contributed by atoms with Crippen LogP contribution in [0.5, 0.6) is 0 Å². The molecule has 0 atom stereocenters. The van der Waals surface area contributed by atoms with E-state index in [0.29, 0.717) is 5.82 Å². The zero-order valence-corrected chi connectivity index (χ0v) is 27.4. The van der Waals surface area contributed by atoms with Crippen LogP contribution in [0, 0.1) is 0 Å². The first kappa shape index (κ1) is 29.5. The molecule has 0 saturated heterocycles. The van der Waals surface area contributed by atoms with Gasteiger partial charge in [-0.3, -0.25) is 0 Å². The number of fused-ring (bicyclic) bond motifs is 3. The fourth-order valence-electron chi connectivity index (χ4n) is 6.89. The molecule has 0 bridgehead atoms. The van der Waals surface area contributed by atoms with Crippen molar-refractivity contribution < 1.29 is 0 Å². The highest BCUT2D eigenvalue weighted by atomic mass is 14.9. The topological polar surface area (TPSA) is 25.8 Å². The second-order valence-corrected chi connectivity index (χ2v) is 12.6. The number of aromatic nitrogens is 2. The fraction of sp³-hybridized carbons (Fsp3) is 0. The average molecular weight is 637 g/mol. The third kappa shape index (κ3) is 5.63. The summed E-state index contributed by atoms with van der Waals surface area (Å²) in [5.41, 5.74) is 13.4. The van der Waals surface area contributed by atoms with Crippen molar-refractivity contribution >= 4 is 21.7 Å². The van der Waals surface area contributed by atoms with Gasteiger partial charge in [0.2, 0.25) is 0 Å². The number of nitrogens with zero attached hydrogens (tertiary/aromatic N) is 2. The predicted octanol–water partition coefficient (Wildman–Crippen LogP) is 12.8. The third-order valence-corrected chi connectivity index (χ3v) is 9.48. The van der Waals surface area contributed by atoms with Gasteiger partial charge in [0.15, 0.2) is 5.82 Å². The molecule has 0 N–H and O–H groups in total. The van der Waals surface area contributed by atoms with Gasteiger partial charge in [0.05, 0.1) is 11.2 Å². The largest absolute Gasteiger partial charge is 0.227 e. The first-order valence-corrected chi connectivity index (χ1v) is 17.0. The van der Waals surface area contributed by atoms with E-state index in [2.05, 4.69) is 194 Å². The third-order valence-electron chi connectivity index (χ3n) is 9.48. The summed E-state index contributed by atoms with van der Waals surface area (Å²) in [6, 6.07) is 68.7. The Balaban J connectivity index is 1.15. The molecule has 0 radical (unpaired) electrons. The summed E-state index contributed by atoms with van der Waals surface area (Å²) in [5.74, 6) is 0.713. The standard InChI is InChI=1S/C48H32N2/c1-3-12-33(13-4-1)38-17-9-19-40(30-38)35-24-26-37(27-25-35)48-49-46(45-29-28-36-16-7-8-23-44(36)47(45)50-48)43-22-11-21-42(32-43)41-20-10-18-39(31-41)34-14-5-2-6-15-34/h1-32H. The van der Waals surface area contributed by atoms with Crippen LogP contribution in [0.3, 0.4) is 0 Å². The van der Waals surface area contributed by atoms with Crippen molar-refractivity contribution in [3.8, 4) is 67.2 Å². The van der Waals surface area contributed by atoms with Crippen LogP contribution in [-0.4, -0.2) is 9.97 Å². The van der Waals surface area contributed by atoms with Gasteiger partial charge < -0.3 is 0 Å². The molecule has 234 valence electrons. The first-order chi connectivity index (χ1) is 24.8. The number of benzene rings is 8. The maximum Gasteiger partial charge on any atom is 0.160 e. The lowest BCUT2D eigenvalue weighted by atomic mass is 9.96. The smallest absolute Gasteiger partial charge is 0.160 e. The first-order valence-electron chi connectivity index (χ1n) is 17.0. The molecule has 9 aromatic rings. The molecule has 8 aromatic carbocycles. The Labute approximate surface area is 292 Å². The van der Waals surface area contributed by atoms with E-state index >= 15 is 0 Å². The molecule has 0 spiro atoms. The van der Waals surface area contributed by atoms with Crippen molar-refractivity contribution in [2.45, 2.75) is 0 Å². The molecule has 0 aliphatic heterocycles. The van der Waals surface area contributed by atoms with E-state index in [-0.39, 0.29) is 0 Å². The number of hydrogen-bond acceptors (Lipinski definition) is 2. The molecule has 9 rings (SSSR count). The van der Waals surface area contributed by atoms with Crippen LogP contribution in [0.15, 0.2) is 194 Å². The van der Waals surface area contributed by atoms with E-state index in [1.165, 1.54) is 33.4 Å². The van der Waals surface area contributed by atoms with Crippen LogP contribution >= 0.6 is 0 Å². The van der Waals surface area contributed by atoms with Gasteiger partial charge in [0, 0.05) is 21.9 Å². The van der Waals surface area contributed by atoms with E-state index in [1.54, 1.807) is 0 Å². The molecule has 0 saturated carbocycles. The van der Waals surface area contributed by atoms with Crippen molar-refractivity contribution in [3.05, 3.63) is 194 Å². The van der Waals surface area contributed by atoms with Crippen LogP contribution in [0.1, 0.15) is 0 Å². The molecule has 2 heteroatoms. The van der Waals surface area contributed by atoms with Crippen LogP contribution in [-0.2, 0) is 0 Å².